The van der Waals surface area contributed by atoms with Crippen molar-refractivity contribution in [2.75, 3.05) is 13.1 Å². The Labute approximate surface area is 125 Å². The molecule has 21 heavy (non-hydrogen) atoms. The van der Waals surface area contributed by atoms with Crippen LogP contribution in [0.4, 0.5) is 4.79 Å². The number of benzene rings is 1. The predicted octanol–water partition coefficient (Wildman–Crippen LogP) is 2.90. The first-order chi connectivity index (χ1) is 10.3. The van der Waals surface area contributed by atoms with Crippen molar-refractivity contribution in [3.63, 3.8) is 0 Å². The van der Waals surface area contributed by atoms with Gasteiger partial charge in [0.2, 0.25) is 0 Å². The Bertz CT molecular complexity index is 569. The topological polar surface area (TPSA) is 35.9 Å². The van der Waals surface area contributed by atoms with Crippen LogP contribution in [0, 0.1) is 5.92 Å². The predicted molar refractivity (Wildman–Crippen MR) is 82.1 cm³/mol. The zero-order chi connectivity index (χ0) is 14.2. The Kier molecular flexibility index (Phi) is 3.17. The first kappa shape index (κ1) is 12.9. The van der Waals surface area contributed by atoms with Crippen LogP contribution in [-0.2, 0) is 6.54 Å². The Hall–Kier alpha value is -1.84. The minimum atomic E-state index is 0.165. The lowest BCUT2D eigenvalue weighted by Crippen LogP contribution is -2.60. The third kappa shape index (κ3) is 2.13. The highest BCUT2D eigenvalue weighted by atomic mass is 16.2. The van der Waals surface area contributed by atoms with Crippen LogP contribution in [-0.4, -0.2) is 40.8 Å². The summed E-state index contributed by atoms with van der Waals surface area (Å²) >= 11 is 0. The van der Waals surface area contributed by atoms with E-state index in [0.29, 0.717) is 12.0 Å². The molecule has 1 aromatic rings. The fourth-order valence-corrected chi connectivity index (χ4v) is 4.02. The Morgan fingerprint density at radius 1 is 1.14 bits per heavy atom. The fourth-order valence-electron chi connectivity index (χ4n) is 4.02. The van der Waals surface area contributed by atoms with Gasteiger partial charge >= 0.3 is 6.03 Å². The number of nitrogens with zero attached hydrogens (tertiary/aromatic N) is 3. The van der Waals surface area contributed by atoms with Crippen LogP contribution in [0.2, 0.25) is 0 Å². The number of urea groups is 1. The highest BCUT2D eigenvalue weighted by Crippen LogP contribution is 2.37. The van der Waals surface area contributed by atoms with Gasteiger partial charge in [-0.3, -0.25) is 9.89 Å². The van der Waals surface area contributed by atoms with Crippen LogP contribution in [0.25, 0.3) is 0 Å². The van der Waals surface area contributed by atoms with E-state index < -0.39 is 0 Å². The lowest BCUT2D eigenvalue weighted by molar-refractivity contribution is 0.0990. The van der Waals surface area contributed by atoms with E-state index in [-0.39, 0.29) is 6.03 Å². The molecule has 1 saturated heterocycles. The van der Waals surface area contributed by atoms with Gasteiger partial charge in [0.1, 0.15) is 5.84 Å². The Morgan fingerprint density at radius 2 is 1.95 bits per heavy atom. The summed E-state index contributed by atoms with van der Waals surface area (Å²) in [5.41, 5.74) is 1.22. The van der Waals surface area contributed by atoms with Gasteiger partial charge in [0, 0.05) is 25.0 Å². The lowest BCUT2D eigenvalue weighted by atomic mass is 9.81. The highest BCUT2D eigenvalue weighted by molar-refractivity contribution is 6.02. The molecule has 0 N–H and O–H groups in total. The summed E-state index contributed by atoms with van der Waals surface area (Å²) < 4.78 is 0. The fraction of sp³-hybridized carbons (Fsp3) is 0.529. The van der Waals surface area contributed by atoms with Crippen LogP contribution in [0.1, 0.15) is 31.2 Å². The second-order valence-electron chi connectivity index (χ2n) is 6.25. The summed E-state index contributed by atoms with van der Waals surface area (Å²) in [6.07, 6.45) is 4.79. The van der Waals surface area contributed by atoms with Crippen LogP contribution in [0.5, 0.6) is 0 Å². The molecule has 2 amide bonds. The van der Waals surface area contributed by atoms with Crippen molar-refractivity contribution in [3.8, 4) is 0 Å². The molecule has 1 aliphatic carbocycles. The first-order valence-electron chi connectivity index (χ1n) is 8.01. The number of fused-ring (bicyclic) bond motifs is 3. The third-order valence-corrected chi connectivity index (χ3v) is 5.01. The van der Waals surface area contributed by atoms with Crippen molar-refractivity contribution in [2.45, 2.75) is 38.3 Å². The van der Waals surface area contributed by atoms with Gasteiger partial charge in [0.05, 0.1) is 6.54 Å². The molecule has 110 valence electrons. The monoisotopic (exact) mass is 283 g/mol. The summed E-state index contributed by atoms with van der Waals surface area (Å²) in [5, 5.41) is 0. The number of aliphatic imine (C=N–C) groups is 1. The average Bonchev–Trinajstić information content (AvgIpc) is 3.02. The van der Waals surface area contributed by atoms with Crippen molar-refractivity contribution < 1.29 is 4.79 Å². The number of carbonyl (C=O) groups excluding carboxylic acids is 1. The molecule has 0 bridgehead atoms. The first-order valence-corrected chi connectivity index (χ1v) is 8.01. The van der Waals surface area contributed by atoms with Gasteiger partial charge in [-0.25, -0.2) is 4.79 Å². The van der Waals surface area contributed by atoms with Gasteiger partial charge in [-0.05, 0) is 18.4 Å². The molecular formula is C17H21N3O. The van der Waals surface area contributed by atoms with Gasteiger partial charge < -0.3 is 4.90 Å². The molecule has 4 heteroatoms. The normalized spacial score (nSPS) is 28.2. The van der Waals surface area contributed by atoms with E-state index in [4.69, 9.17) is 0 Å². The molecule has 2 atom stereocenters. The molecule has 1 aromatic carbocycles. The summed E-state index contributed by atoms with van der Waals surface area (Å²) in [6.45, 7) is 2.27. The summed E-state index contributed by atoms with van der Waals surface area (Å²) in [6, 6.07) is 10.8. The van der Waals surface area contributed by atoms with E-state index in [1.165, 1.54) is 24.8 Å². The molecule has 0 radical (unpaired) electrons. The average molecular weight is 283 g/mol. The van der Waals surface area contributed by atoms with E-state index in [1.54, 1.807) is 0 Å². The van der Waals surface area contributed by atoms with Gasteiger partial charge in [-0.1, -0.05) is 43.2 Å². The molecule has 0 aromatic heterocycles. The molecule has 4 nitrogen and oxygen atoms in total. The number of rotatable bonds is 2. The molecule has 3 aliphatic rings. The summed E-state index contributed by atoms with van der Waals surface area (Å²) in [7, 11) is 0. The summed E-state index contributed by atoms with van der Waals surface area (Å²) in [4.78, 5) is 21.5. The zero-order valence-corrected chi connectivity index (χ0v) is 12.2. The largest absolute Gasteiger partial charge is 0.326 e. The smallest absolute Gasteiger partial charge is 0.316 e. The maximum absolute atomic E-state index is 12.8. The number of carbonyl (C=O) groups is 1. The minimum absolute atomic E-state index is 0.165. The maximum Gasteiger partial charge on any atom is 0.326 e. The van der Waals surface area contributed by atoms with Crippen LogP contribution in [0.3, 0.4) is 0 Å². The number of hydrogen-bond acceptors (Lipinski definition) is 2. The quantitative estimate of drug-likeness (QED) is 0.822. The van der Waals surface area contributed by atoms with Gasteiger partial charge in [0.15, 0.2) is 0 Å². The second kappa shape index (κ2) is 5.17. The minimum Gasteiger partial charge on any atom is -0.316 e. The van der Waals surface area contributed by atoms with Crippen LogP contribution < -0.4 is 0 Å². The highest BCUT2D eigenvalue weighted by Gasteiger charge is 2.46. The van der Waals surface area contributed by atoms with E-state index in [2.05, 4.69) is 22.0 Å². The van der Waals surface area contributed by atoms with Crippen molar-refractivity contribution in [2.24, 2.45) is 10.9 Å². The number of hydrogen-bond donors (Lipinski definition) is 0. The molecule has 2 heterocycles. The molecule has 4 rings (SSSR count). The van der Waals surface area contributed by atoms with Crippen molar-refractivity contribution in [3.05, 3.63) is 35.9 Å². The van der Waals surface area contributed by atoms with E-state index in [0.717, 1.165) is 31.9 Å². The molecule has 2 unspecified atom stereocenters. The van der Waals surface area contributed by atoms with Gasteiger partial charge in [-0.2, -0.15) is 0 Å². The molecule has 0 spiro atoms. The molecule has 2 fully saturated rings. The lowest BCUT2D eigenvalue weighted by Gasteiger charge is -2.47. The van der Waals surface area contributed by atoms with Crippen LogP contribution >= 0.6 is 0 Å². The van der Waals surface area contributed by atoms with Gasteiger partial charge in [-0.15, -0.1) is 0 Å². The Balaban J connectivity index is 1.65. The van der Waals surface area contributed by atoms with Crippen molar-refractivity contribution in [1.82, 2.24) is 9.80 Å². The van der Waals surface area contributed by atoms with E-state index in [9.17, 15) is 4.79 Å². The van der Waals surface area contributed by atoms with E-state index in [1.807, 2.05) is 23.1 Å². The molecule has 2 aliphatic heterocycles. The molecule has 1 saturated carbocycles. The Morgan fingerprint density at radius 3 is 2.81 bits per heavy atom. The maximum atomic E-state index is 12.8. The third-order valence-electron chi connectivity index (χ3n) is 5.01. The van der Waals surface area contributed by atoms with E-state index >= 15 is 0 Å². The zero-order valence-electron chi connectivity index (χ0n) is 12.2. The second-order valence-corrected chi connectivity index (χ2v) is 6.25. The van der Waals surface area contributed by atoms with Gasteiger partial charge in [0.25, 0.3) is 0 Å². The molecular weight excluding hydrogens is 262 g/mol. The van der Waals surface area contributed by atoms with Crippen molar-refractivity contribution >= 4 is 11.9 Å². The van der Waals surface area contributed by atoms with Crippen molar-refractivity contribution in [1.29, 1.82) is 0 Å². The summed E-state index contributed by atoms with van der Waals surface area (Å²) in [5.74, 6) is 1.54. The number of amidine groups is 1. The van der Waals surface area contributed by atoms with Crippen LogP contribution in [0.15, 0.2) is 35.3 Å². The standard InChI is InChI=1S/C17H21N3O/c21-17-19-11-10-18-16(19)14-8-4-5-9-15(14)20(17)12-13-6-2-1-3-7-13/h1-3,6-7,14-15H,4-5,8-12H2. The number of amides is 2. The SMILES string of the molecule is O=C1N2CCN=C2C2CCCCC2N1Cc1ccccc1.